The van der Waals surface area contributed by atoms with Gasteiger partial charge in [-0.15, -0.1) is 0 Å². The van der Waals surface area contributed by atoms with Gasteiger partial charge in [-0.3, -0.25) is 19.3 Å². The van der Waals surface area contributed by atoms with Gasteiger partial charge in [0.05, 0.1) is 11.8 Å². The van der Waals surface area contributed by atoms with Crippen LogP contribution in [0.5, 0.6) is 0 Å². The largest absolute Gasteiger partial charge is 0.454 e. The lowest BCUT2D eigenvalue weighted by molar-refractivity contribution is -0.160. The number of benzene rings is 2. The smallest absolute Gasteiger partial charge is 0.330 e. The fraction of sp³-hybridized carbons (Fsp3) is 0.385. The molecule has 0 unspecified atom stereocenters. The summed E-state index contributed by atoms with van der Waals surface area (Å²) in [5, 5.41) is 2.67. The Bertz CT molecular complexity index is 1090. The molecule has 0 aromatic heterocycles. The number of nitrogens with one attached hydrogen (secondary N) is 1. The van der Waals surface area contributed by atoms with E-state index >= 15 is 0 Å². The second kappa shape index (κ2) is 9.33. The fourth-order valence-corrected chi connectivity index (χ4v) is 6.08. The first-order valence-corrected chi connectivity index (χ1v) is 12.3. The second-order valence-electron chi connectivity index (χ2n) is 9.30. The minimum atomic E-state index is -1.09. The Hall–Kier alpha value is -3.00. The van der Waals surface area contributed by atoms with Crippen LogP contribution in [0.15, 0.2) is 59.1 Å². The second-order valence-corrected chi connectivity index (χ2v) is 10.2. The Balaban J connectivity index is 1.31. The van der Waals surface area contributed by atoms with Gasteiger partial charge in [-0.1, -0.05) is 46.3 Å². The molecule has 7 nitrogen and oxygen atoms in total. The van der Waals surface area contributed by atoms with Crippen LogP contribution in [0.3, 0.4) is 0 Å². The van der Waals surface area contributed by atoms with Gasteiger partial charge in [0, 0.05) is 16.6 Å². The average Bonchev–Trinajstić information content (AvgIpc) is 3.52. The van der Waals surface area contributed by atoms with Crippen LogP contribution in [0.4, 0.5) is 5.69 Å². The lowest BCUT2D eigenvalue weighted by atomic mass is 9.81. The molecule has 2 aromatic carbocycles. The maximum atomic E-state index is 13.3. The molecule has 2 saturated carbocycles. The molecule has 5 atom stereocenters. The summed E-state index contributed by atoms with van der Waals surface area (Å²) in [4.78, 5) is 53.3. The molecule has 2 bridgehead atoms. The molecule has 8 heteroatoms. The molecule has 3 fully saturated rings. The van der Waals surface area contributed by atoms with Gasteiger partial charge in [0.1, 0.15) is 6.04 Å². The van der Waals surface area contributed by atoms with Gasteiger partial charge in [-0.25, -0.2) is 4.79 Å². The van der Waals surface area contributed by atoms with Gasteiger partial charge in [0.2, 0.25) is 11.8 Å². The summed E-state index contributed by atoms with van der Waals surface area (Å²) in [7, 11) is 0. The van der Waals surface area contributed by atoms with Crippen molar-refractivity contribution in [3.8, 4) is 0 Å². The highest BCUT2D eigenvalue weighted by Crippen LogP contribution is 2.56. The molecule has 5 rings (SSSR count). The van der Waals surface area contributed by atoms with Crippen molar-refractivity contribution in [2.45, 2.75) is 31.7 Å². The van der Waals surface area contributed by atoms with Gasteiger partial charge in [0.25, 0.3) is 5.91 Å². The summed E-state index contributed by atoms with van der Waals surface area (Å²) in [5.74, 6) is -1.97. The number of imide groups is 1. The van der Waals surface area contributed by atoms with Crippen LogP contribution >= 0.6 is 15.9 Å². The topological polar surface area (TPSA) is 92.8 Å². The summed E-state index contributed by atoms with van der Waals surface area (Å²) in [6.45, 7) is -0.505. The Kier molecular flexibility index (Phi) is 6.25. The molecule has 1 heterocycles. The molecule has 2 aliphatic carbocycles. The van der Waals surface area contributed by atoms with Crippen LogP contribution < -0.4 is 5.32 Å². The number of rotatable bonds is 7. The quantitative estimate of drug-likeness (QED) is 0.441. The van der Waals surface area contributed by atoms with Crippen molar-refractivity contribution in [1.82, 2.24) is 4.90 Å². The molecule has 1 saturated heterocycles. The Morgan fingerprint density at radius 1 is 0.971 bits per heavy atom. The van der Waals surface area contributed by atoms with Gasteiger partial charge in [-0.2, -0.15) is 0 Å². The number of fused-ring (bicyclic) bond motifs is 5. The molecule has 0 spiro atoms. The van der Waals surface area contributed by atoms with E-state index in [9.17, 15) is 19.2 Å². The Labute approximate surface area is 206 Å². The van der Waals surface area contributed by atoms with Crippen LogP contribution in [0.25, 0.3) is 0 Å². The zero-order valence-electron chi connectivity index (χ0n) is 18.5. The lowest BCUT2D eigenvalue weighted by Gasteiger charge is -2.26. The zero-order chi connectivity index (χ0) is 23.8. The molecule has 0 radical (unpaired) electrons. The Morgan fingerprint density at radius 2 is 1.59 bits per heavy atom. The van der Waals surface area contributed by atoms with Gasteiger partial charge in [-0.05, 0) is 60.9 Å². The lowest BCUT2D eigenvalue weighted by Crippen LogP contribution is -2.48. The van der Waals surface area contributed by atoms with Crippen molar-refractivity contribution in [3.05, 3.63) is 64.6 Å². The standard InChI is InChI=1S/C26H25BrN2O5/c27-18-8-10-19(11-9-18)28-21(30)14-34-26(33)20(12-15-4-2-1-3-5-15)29-24(31)22-16-6-7-17(13-16)23(22)25(29)32/h1-5,8-11,16-17,20,22-23H,6-7,12-14H2,(H,28,30)/t16-,17-,20-,22-,23+/m0/s1. The summed E-state index contributed by atoms with van der Waals surface area (Å²) in [6, 6.07) is 15.1. The first-order chi connectivity index (χ1) is 16.4. The molecule has 2 aromatic rings. The predicted molar refractivity (Wildman–Crippen MR) is 127 cm³/mol. The summed E-state index contributed by atoms with van der Waals surface area (Å²) in [6.07, 6.45) is 3.00. The van der Waals surface area contributed by atoms with Crippen LogP contribution in [0, 0.1) is 23.7 Å². The van der Waals surface area contributed by atoms with E-state index in [1.54, 1.807) is 24.3 Å². The maximum absolute atomic E-state index is 13.3. The number of ether oxygens (including phenoxy) is 1. The fourth-order valence-electron chi connectivity index (χ4n) is 5.82. The molecular formula is C26H25BrN2O5. The van der Waals surface area contributed by atoms with Crippen molar-refractivity contribution >= 4 is 45.3 Å². The third-order valence-electron chi connectivity index (χ3n) is 7.29. The third-order valence-corrected chi connectivity index (χ3v) is 7.82. The molecular weight excluding hydrogens is 500 g/mol. The highest BCUT2D eigenvalue weighted by Gasteiger charge is 2.62. The summed E-state index contributed by atoms with van der Waals surface area (Å²) >= 11 is 3.33. The number of hydrogen-bond acceptors (Lipinski definition) is 5. The van der Waals surface area contributed by atoms with E-state index < -0.39 is 24.5 Å². The number of carbonyl (C=O) groups excluding carboxylic acids is 4. The van der Waals surface area contributed by atoms with Crippen LogP contribution in [0.1, 0.15) is 24.8 Å². The third kappa shape index (κ3) is 4.27. The highest BCUT2D eigenvalue weighted by molar-refractivity contribution is 9.10. The van der Waals surface area contributed by atoms with Crippen molar-refractivity contribution in [2.75, 3.05) is 11.9 Å². The highest BCUT2D eigenvalue weighted by atomic mass is 79.9. The molecule has 1 aliphatic heterocycles. The van der Waals surface area contributed by atoms with E-state index in [1.165, 1.54) is 0 Å². The van der Waals surface area contributed by atoms with E-state index in [-0.39, 0.29) is 41.9 Å². The molecule has 3 aliphatic rings. The summed E-state index contributed by atoms with van der Waals surface area (Å²) in [5.41, 5.74) is 1.38. The van der Waals surface area contributed by atoms with E-state index in [0.29, 0.717) is 5.69 Å². The van der Waals surface area contributed by atoms with Crippen LogP contribution in [0.2, 0.25) is 0 Å². The molecule has 34 heavy (non-hydrogen) atoms. The number of anilines is 1. The van der Waals surface area contributed by atoms with E-state index in [2.05, 4.69) is 21.2 Å². The SMILES string of the molecule is O=C(COC(=O)[C@H](Cc1ccccc1)N1C(=O)[C@@H]2[C@H]3CC[C@@H](C3)[C@@H]2C1=O)Nc1ccc(Br)cc1. The Morgan fingerprint density at radius 3 is 2.21 bits per heavy atom. The molecule has 176 valence electrons. The monoisotopic (exact) mass is 524 g/mol. The van der Waals surface area contributed by atoms with Crippen LogP contribution in [-0.2, 0) is 30.3 Å². The zero-order valence-corrected chi connectivity index (χ0v) is 20.1. The predicted octanol–water partition coefficient (Wildman–Crippen LogP) is 3.57. The minimum Gasteiger partial charge on any atom is -0.454 e. The number of likely N-dealkylation sites (tertiary alicyclic amines) is 1. The van der Waals surface area contributed by atoms with Gasteiger partial charge in [0.15, 0.2) is 6.61 Å². The number of halogens is 1. The number of hydrogen-bond donors (Lipinski definition) is 1. The van der Waals surface area contributed by atoms with Gasteiger partial charge >= 0.3 is 5.97 Å². The first-order valence-electron chi connectivity index (χ1n) is 11.6. The maximum Gasteiger partial charge on any atom is 0.330 e. The normalized spacial score (nSPS) is 25.9. The number of carbonyl (C=O) groups is 4. The molecule has 3 amide bonds. The number of nitrogens with zero attached hydrogens (tertiary/aromatic N) is 1. The number of esters is 1. The van der Waals surface area contributed by atoms with Crippen molar-refractivity contribution < 1.29 is 23.9 Å². The van der Waals surface area contributed by atoms with Crippen molar-refractivity contribution in [2.24, 2.45) is 23.7 Å². The van der Waals surface area contributed by atoms with Gasteiger partial charge < -0.3 is 10.1 Å². The number of amides is 3. The van der Waals surface area contributed by atoms with Crippen LogP contribution in [-0.4, -0.2) is 41.2 Å². The minimum absolute atomic E-state index is 0.153. The van der Waals surface area contributed by atoms with E-state index in [0.717, 1.165) is 34.2 Å². The summed E-state index contributed by atoms with van der Waals surface area (Å²) < 4.78 is 6.20. The molecule has 1 N–H and O–H groups in total. The van der Waals surface area contributed by atoms with Crippen molar-refractivity contribution in [1.29, 1.82) is 0 Å². The van der Waals surface area contributed by atoms with E-state index in [1.807, 2.05) is 30.3 Å². The van der Waals surface area contributed by atoms with Crippen molar-refractivity contribution in [3.63, 3.8) is 0 Å². The van der Waals surface area contributed by atoms with E-state index in [4.69, 9.17) is 4.74 Å². The first kappa shape index (κ1) is 22.8. The average molecular weight is 525 g/mol.